The van der Waals surface area contributed by atoms with E-state index in [-0.39, 0.29) is 33.7 Å². The van der Waals surface area contributed by atoms with E-state index in [0.717, 1.165) is 27.4 Å². The minimum absolute atomic E-state index is 0.116. The van der Waals surface area contributed by atoms with Crippen molar-refractivity contribution in [1.82, 2.24) is 4.98 Å². The number of aryl methyl sites for hydroxylation is 3. The standard InChI is InChI=1S/C31H28N2O7S/c1-5-38-30(37)28-19(4)32-31(41-28)33-25(23-15-10-18(3)40-23)24(27(35)29(33)36)26(34)20-11-13-22(14-12-20)39-16-21-9-7-6-8-17(21)2/h6-15,25,34H,5,16H2,1-4H3/b26-24+. The van der Waals surface area contributed by atoms with Gasteiger partial charge in [-0.25, -0.2) is 9.78 Å². The molecule has 10 heteroatoms. The van der Waals surface area contributed by atoms with Gasteiger partial charge in [-0.2, -0.15) is 0 Å². The summed E-state index contributed by atoms with van der Waals surface area (Å²) in [6.45, 7) is 7.61. The Bertz CT molecular complexity index is 1670. The number of amides is 1. The molecule has 1 N–H and O–H groups in total. The molecular formula is C31H28N2O7S. The lowest BCUT2D eigenvalue weighted by Crippen LogP contribution is -2.29. The van der Waals surface area contributed by atoms with Gasteiger partial charge < -0.3 is 19.0 Å². The normalized spacial score (nSPS) is 16.3. The van der Waals surface area contributed by atoms with Gasteiger partial charge in [-0.3, -0.25) is 14.5 Å². The summed E-state index contributed by atoms with van der Waals surface area (Å²) in [6, 6.07) is 16.8. The molecule has 5 rings (SSSR count). The van der Waals surface area contributed by atoms with Crippen LogP contribution in [0, 0.1) is 20.8 Å². The van der Waals surface area contributed by atoms with Gasteiger partial charge in [0, 0.05) is 5.56 Å². The van der Waals surface area contributed by atoms with Crippen LogP contribution in [0.4, 0.5) is 5.13 Å². The van der Waals surface area contributed by atoms with Crippen molar-refractivity contribution in [3.8, 4) is 5.75 Å². The van der Waals surface area contributed by atoms with Gasteiger partial charge in [0.25, 0.3) is 5.78 Å². The average molecular weight is 573 g/mol. The SMILES string of the molecule is CCOC(=O)c1sc(N2C(=O)C(=O)/C(=C(/O)c3ccc(OCc4ccccc4C)cc3)C2c2ccc(C)o2)nc1C. The highest BCUT2D eigenvalue weighted by molar-refractivity contribution is 7.17. The Balaban J connectivity index is 1.51. The van der Waals surface area contributed by atoms with Gasteiger partial charge in [-0.1, -0.05) is 35.6 Å². The number of furan rings is 1. The number of aromatic nitrogens is 1. The molecular weight excluding hydrogens is 544 g/mol. The van der Waals surface area contributed by atoms with Gasteiger partial charge >= 0.3 is 11.9 Å². The van der Waals surface area contributed by atoms with E-state index in [9.17, 15) is 19.5 Å². The fraction of sp³-hybridized carbons (Fsp3) is 0.226. The number of nitrogens with zero attached hydrogens (tertiary/aromatic N) is 2. The number of ether oxygens (including phenoxy) is 2. The Kier molecular flexibility index (Phi) is 7.76. The molecule has 3 heterocycles. The largest absolute Gasteiger partial charge is 0.507 e. The van der Waals surface area contributed by atoms with Crippen molar-refractivity contribution in [3.63, 3.8) is 0 Å². The van der Waals surface area contributed by atoms with E-state index in [1.165, 1.54) is 0 Å². The van der Waals surface area contributed by atoms with E-state index in [1.807, 2.05) is 31.2 Å². The highest BCUT2D eigenvalue weighted by Gasteiger charge is 2.50. The molecule has 0 saturated carbocycles. The topological polar surface area (TPSA) is 119 Å². The van der Waals surface area contributed by atoms with Gasteiger partial charge in [-0.15, -0.1) is 0 Å². The van der Waals surface area contributed by atoms with Crippen molar-refractivity contribution in [2.45, 2.75) is 40.3 Å². The van der Waals surface area contributed by atoms with Crippen molar-refractivity contribution >= 4 is 39.9 Å². The van der Waals surface area contributed by atoms with Gasteiger partial charge in [0.1, 0.15) is 40.6 Å². The maximum Gasteiger partial charge on any atom is 0.350 e. The molecule has 2 aromatic heterocycles. The first-order valence-corrected chi connectivity index (χ1v) is 13.8. The summed E-state index contributed by atoms with van der Waals surface area (Å²) < 4.78 is 16.8. The third-order valence-electron chi connectivity index (χ3n) is 6.71. The van der Waals surface area contributed by atoms with E-state index < -0.39 is 23.7 Å². The molecule has 1 amide bonds. The predicted molar refractivity (Wildman–Crippen MR) is 153 cm³/mol. The molecule has 0 spiro atoms. The maximum atomic E-state index is 13.4. The molecule has 0 radical (unpaired) electrons. The third kappa shape index (κ3) is 5.38. The van der Waals surface area contributed by atoms with Crippen LogP contribution in [-0.4, -0.2) is 34.4 Å². The first-order chi connectivity index (χ1) is 19.7. The van der Waals surface area contributed by atoms with Gasteiger partial charge in [0.15, 0.2) is 5.13 Å². The predicted octanol–water partition coefficient (Wildman–Crippen LogP) is 6.04. The first-order valence-electron chi connectivity index (χ1n) is 13.0. The van der Waals surface area contributed by atoms with Crippen LogP contribution in [0.3, 0.4) is 0 Å². The highest BCUT2D eigenvalue weighted by Crippen LogP contribution is 2.44. The molecule has 0 aliphatic carbocycles. The summed E-state index contributed by atoms with van der Waals surface area (Å²) in [5, 5.41) is 11.5. The third-order valence-corrected chi connectivity index (χ3v) is 7.85. The zero-order valence-corrected chi connectivity index (χ0v) is 23.8. The smallest absolute Gasteiger partial charge is 0.350 e. The zero-order chi connectivity index (χ0) is 29.3. The number of carbonyl (C=O) groups is 3. The number of aliphatic hydroxyl groups is 1. The molecule has 1 aliphatic rings. The number of benzene rings is 2. The number of esters is 1. The molecule has 4 aromatic rings. The van der Waals surface area contributed by atoms with Crippen LogP contribution >= 0.6 is 11.3 Å². The van der Waals surface area contributed by atoms with Crippen molar-refractivity contribution < 1.29 is 33.4 Å². The maximum absolute atomic E-state index is 13.4. The Morgan fingerprint density at radius 2 is 1.78 bits per heavy atom. The molecule has 210 valence electrons. The number of thiazole rings is 1. The van der Waals surface area contributed by atoms with Crippen LogP contribution in [0.1, 0.15) is 56.5 Å². The lowest BCUT2D eigenvalue weighted by Gasteiger charge is -2.20. The number of rotatable bonds is 8. The number of anilines is 1. The van der Waals surface area contributed by atoms with E-state index in [2.05, 4.69) is 4.98 Å². The van der Waals surface area contributed by atoms with Gasteiger partial charge in [0.2, 0.25) is 0 Å². The van der Waals surface area contributed by atoms with Crippen LogP contribution in [-0.2, 0) is 20.9 Å². The summed E-state index contributed by atoms with van der Waals surface area (Å²) in [4.78, 5) is 45.0. The Labute approximate surface area is 240 Å². The van der Waals surface area contributed by atoms with Crippen molar-refractivity contribution in [2.24, 2.45) is 0 Å². The summed E-state index contributed by atoms with van der Waals surface area (Å²) in [5.41, 5.74) is 2.70. The number of ketones is 1. The Morgan fingerprint density at radius 3 is 2.44 bits per heavy atom. The second-order valence-corrected chi connectivity index (χ2v) is 10.5. The molecule has 1 aliphatic heterocycles. The second-order valence-electron chi connectivity index (χ2n) is 9.49. The van der Waals surface area contributed by atoms with Crippen LogP contribution in [0.5, 0.6) is 5.75 Å². The lowest BCUT2D eigenvalue weighted by molar-refractivity contribution is -0.132. The van der Waals surface area contributed by atoms with Crippen molar-refractivity contribution in [1.29, 1.82) is 0 Å². The van der Waals surface area contributed by atoms with Crippen molar-refractivity contribution in [3.05, 3.63) is 105 Å². The number of hydrogen-bond donors (Lipinski definition) is 1. The number of Topliss-reactive ketones (excluding diaryl/α,β-unsaturated/α-hetero) is 1. The molecule has 41 heavy (non-hydrogen) atoms. The zero-order valence-electron chi connectivity index (χ0n) is 23.0. The van der Waals surface area contributed by atoms with E-state index in [0.29, 0.717) is 29.4 Å². The molecule has 1 atom stereocenters. The van der Waals surface area contributed by atoms with Gasteiger partial charge in [0.05, 0.1) is 17.9 Å². The minimum atomic E-state index is -1.10. The summed E-state index contributed by atoms with van der Waals surface area (Å²) in [6.07, 6.45) is 0. The van der Waals surface area contributed by atoms with Crippen LogP contribution < -0.4 is 9.64 Å². The van der Waals surface area contributed by atoms with E-state index >= 15 is 0 Å². The van der Waals surface area contributed by atoms with Crippen LogP contribution in [0.2, 0.25) is 0 Å². The summed E-state index contributed by atoms with van der Waals surface area (Å²) in [7, 11) is 0. The second kappa shape index (κ2) is 11.4. The quantitative estimate of drug-likeness (QED) is 0.117. The fourth-order valence-electron chi connectivity index (χ4n) is 4.57. The highest BCUT2D eigenvalue weighted by atomic mass is 32.1. The molecule has 1 fully saturated rings. The minimum Gasteiger partial charge on any atom is -0.507 e. The van der Waals surface area contributed by atoms with Crippen molar-refractivity contribution in [2.75, 3.05) is 11.5 Å². The molecule has 1 saturated heterocycles. The molecule has 2 aromatic carbocycles. The van der Waals surface area contributed by atoms with Crippen LogP contribution in [0.25, 0.3) is 5.76 Å². The number of hydrogen-bond acceptors (Lipinski definition) is 9. The molecule has 9 nitrogen and oxygen atoms in total. The number of carbonyl (C=O) groups excluding carboxylic acids is 3. The summed E-state index contributed by atoms with van der Waals surface area (Å²) in [5.74, 6) is -1.32. The number of aliphatic hydroxyl groups excluding tert-OH is 1. The van der Waals surface area contributed by atoms with E-state index in [1.54, 1.807) is 57.2 Å². The Hall–Kier alpha value is -4.70. The Morgan fingerprint density at radius 1 is 1.05 bits per heavy atom. The summed E-state index contributed by atoms with van der Waals surface area (Å²) >= 11 is 0.937. The molecule has 0 bridgehead atoms. The van der Waals surface area contributed by atoms with Crippen LogP contribution in [0.15, 0.2) is 70.7 Å². The first kappa shape index (κ1) is 27.9. The monoisotopic (exact) mass is 572 g/mol. The molecule has 1 unspecified atom stereocenters. The van der Waals surface area contributed by atoms with Gasteiger partial charge in [-0.05, 0) is 75.2 Å². The average Bonchev–Trinajstić information content (AvgIpc) is 3.63. The lowest BCUT2D eigenvalue weighted by atomic mass is 9.99. The fourth-order valence-corrected chi connectivity index (χ4v) is 5.56. The van der Waals surface area contributed by atoms with E-state index in [4.69, 9.17) is 13.9 Å².